The van der Waals surface area contributed by atoms with E-state index in [0.29, 0.717) is 447 Å². The van der Waals surface area contributed by atoms with Crippen molar-refractivity contribution < 1.29 is 142 Å². The van der Waals surface area contributed by atoms with Crippen molar-refractivity contribution in [3.8, 4) is 0 Å². The molecule has 0 amide bonds. The molecule has 0 rings (SSSR count). The Morgan fingerprint density at radius 2 is 0.406 bits per heavy atom. The zero-order valence-corrected chi connectivity index (χ0v) is 81.4. The smallest absolute Gasteiger partial charge is 0.117 e. The normalized spacial score (nSPS) is 13.1. The van der Waals surface area contributed by atoms with Gasteiger partial charge in [-0.2, -0.15) is 0 Å². The van der Waals surface area contributed by atoms with Crippen molar-refractivity contribution in [1.29, 1.82) is 0 Å². The lowest BCUT2D eigenvalue weighted by atomic mass is 9.89. The van der Waals surface area contributed by atoms with E-state index in [9.17, 15) is 0 Å². The van der Waals surface area contributed by atoms with Crippen molar-refractivity contribution in [2.75, 3.05) is 482 Å². The molecule has 0 radical (unpaired) electrons. The maximum Gasteiger partial charge on any atom is 0.117 e. The minimum atomic E-state index is -0.910. The standard InChI is InChI=1S/C90H190N8O30/c1-8-35-104-43-21-92-22-44-106-37-13-15-88(85-98-34-56-127-90(19-41-108-45-23-91-20-42-101-10-3,86-125-83-81-120-55-33-93-24-46-111-59-57-99-6)87-126-84-82-124-80-75-119-54-32-96-29-51-116-72-77-121-60-58-100-7)128-89(17-39-109-67-71-115-50-28-94-25-47-112-63-61-102-11-4,16-14-38-107-66-70-114-49-27-95-26-48-113-69-65-105-36-9-2)18-40-110-68-76-123-79-74-118-53-31-97-30-52-117-73-78-122-64-62-103-12-5/h88,91-98H,8-87H2,1-7H3. The number of nitrogens with one attached hydrogen (secondary N) is 8. The van der Waals surface area contributed by atoms with Crippen LogP contribution in [0.3, 0.4) is 0 Å². The van der Waals surface area contributed by atoms with Gasteiger partial charge < -0.3 is 185 Å². The maximum atomic E-state index is 7.66. The molecule has 0 aliphatic carbocycles. The van der Waals surface area contributed by atoms with Gasteiger partial charge in [0, 0.05) is 191 Å². The summed E-state index contributed by atoms with van der Waals surface area (Å²) in [7, 11) is 3.32. The molecule has 0 heterocycles. The van der Waals surface area contributed by atoms with E-state index in [0.717, 1.165) is 65.2 Å². The fraction of sp³-hybridized carbons (Fsp3) is 1.00. The summed E-state index contributed by atoms with van der Waals surface area (Å²) in [5, 5.41) is 27.5. The van der Waals surface area contributed by atoms with Crippen molar-refractivity contribution in [2.24, 2.45) is 0 Å². The van der Waals surface area contributed by atoms with Crippen molar-refractivity contribution in [3.05, 3.63) is 0 Å². The number of hydrogen-bond acceptors (Lipinski definition) is 38. The van der Waals surface area contributed by atoms with Gasteiger partial charge in [-0.1, -0.05) is 13.8 Å². The molecule has 0 aromatic carbocycles. The Bertz CT molecular complexity index is 2010. The van der Waals surface area contributed by atoms with E-state index in [1.165, 1.54) is 0 Å². The molecule has 0 bridgehead atoms. The minimum absolute atomic E-state index is 0.219. The Balaban J connectivity index is 6.92. The Labute approximate surface area is 773 Å². The molecule has 0 fully saturated rings. The van der Waals surface area contributed by atoms with Crippen LogP contribution in [0.2, 0.25) is 0 Å². The lowest BCUT2D eigenvalue weighted by Crippen LogP contribution is -2.46. The molecule has 3 unspecified atom stereocenters. The van der Waals surface area contributed by atoms with Gasteiger partial charge in [-0.3, -0.25) is 0 Å². The van der Waals surface area contributed by atoms with E-state index in [1.54, 1.807) is 14.2 Å². The summed E-state index contributed by atoms with van der Waals surface area (Å²) >= 11 is 0. The summed E-state index contributed by atoms with van der Waals surface area (Å²) in [6, 6.07) is 0. The maximum absolute atomic E-state index is 7.66. The molecule has 770 valence electrons. The number of methoxy groups -OCH3 is 2. The second-order valence-electron chi connectivity index (χ2n) is 29.4. The second kappa shape index (κ2) is 112. The van der Waals surface area contributed by atoms with Crippen molar-refractivity contribution in [3.63, 3.8) is 0 Å². The van der Waals surface area contributed by atoms with Crippen molar-refractivity contribution in [2.45, 2.75) is 110 Å². The van der Waals surface area contributed by atoms with Gasteiger partial charge in [0.15, 0.2) is 0 Å². The van der Waals surface area contributed by atoms with Gasteiger partial charge in [0.2, 0.25) is 0 Å². The van der Waals surface area contributed by atoms with E-state index in [-0.39, 0.29) is 19.3 Å². The third-order valence-corrected chi connectivity index (χ3v) is 18.6. The molecular formula is C90H190N8O30. The lowest BCUT2D eigenvalue weighted by Gasteiger charge is -2.38. The number of hydrogen-bond donors (Lipinski definition) is 8. The quantitative estimate of drug-likeness (QED) is 0.0406. The first-order chi connectivity index (χ1) is 63.5. The summed E-state index contributed by atoms with van der Waals surface area (Å²) in [4.78, 5) is 0. The van der Waals surface area contributed by atoms with E-state index < -0.39 is 11.2 Å². The van der Waals surface area contributed by atoms with Gasteiger partial charge in [0.1, 0.15) is 5.60 Å². The molecule has 0 aromatic heterocycles. The van der Waals surface area contributed by atoms with Gasteiger partial charge in [0.05, 0.1) is 309 Å². The highest BCUT2D eigenvalue weighted by Gasteiger charge is 2.35. The van der Waals surface area contributed by atoms with Crippen LogP contribution in [-0.2, 0) is 142 Å². The van der Waals surface area contributed by atoms with Gasteiger partial charge in [-0.25, -0.2) is 0 Å². The SMILES string of the molecule is CCCOCCNCCOCCCC(CNCCOC(CCOCCNCCOCC)(COCCOCCNCCOCCOC)COCCOCCOCCNCCOCCOCCOC)OC(CCCOCCOCCNCCOCCOCCC)(CCOCCOCCNCCOCCOCC)CCOCCOCCOCCNCCOCCOCCOCC. The molecule has 3 atom stereocenters. The molecule has 0 aliphatic heterocycles. The van der Waals surface area contributed by atoms with Gasteiger partial charge >= 0.3 is 0 Å². The molecular weight excluding hydrogens is 1670 g/mol. The molecule has 8 N–H and O–H groups in total. The Morgan fingerprint density at radius 3 is 0.719 bits per heavy atom. The Morgan fingerprint density at radius 1 is 0.188 bits per heavy atom. The summed E-state index contributed by atoms with van der Waals surface area (Å²) in [5.74, 6) is 0. The fourth-order valence-electron chi connectivity index (χ4n) is 11.7. The zero-order chi connectivity index (χ0) is 92.0. The summed E-state index contributed by atoms with van der Waals surface area (Å²) in [5.41, 5.74) is -1.62. The first-order valence-corrected chi connectivity index (χ1v) is 48.5. The number of rotatable bonds is 120. The Hall–Kier alpha value is -1.52. The molecule has 0 spiro atoms. The van der Waals surface area contributed by atoms with Crippen LogP contribution in [0, 0.1) is 0 Å². The molecule has 38 nitrogen and oxygen atoms in total. The van der Waals surface area contributed by atoms with Crippen LogP contribution in [0.15, 0.2) is 0 Å². The van der Waals surface area contributed by atoms with Gasteiger partial charge in [-0.15, -0.1) is 0 Å². The third-order valence-electron chi connectivity index (χ3n) is 18.6. The highest BCUT2D eigenvalue weighted by Crippen LogP contribution is 2.31. The van der Waals surface area contributed by atoms with Gasteiger partial charge in [-0.05, 0) is 72.1 Å². The lowest BCUT2D eigenvalue weighted by molar-refractivity contribution is -0.152. The molecule has 0 aromatic rings. The van der Waals surface area contributed by atoms with E-state index in [4.69, 9.17) is 142 Å². The van der Waals surface area contributed by atoms with Crippen LogP contribution in [0.25, 0.3) is 0 Å². The van der Waals surface area contributed by atoms with Crippen LogP contribution >= 0.6 is 0 Å². The first-order valence-electron chi connectivity index (χ1n) is 48.5. The van der Waals surface area contributed by atoms with E-state index in [2.05, 4.69) is 56.4 Å². The zero-order valence-electron chi connectivity index (χ0n) is 81.4. The topological polar surface area (TPSA) is 373 Å². The Kier molecular flexibility index (Phi) is 111. The van der Waals surface area contributed by atoms with Crippen LogP contribution < -0.4 is 42.5 Å². The van der Waals surface area contributed by atoms with E-state index in [1.807, 2.05) is 20.8 Å². The van der Waals surface area contributed by atoms with Crippen LogP contribution in [0.5, 0.6) is 0 Å². The predicted molar refractivity (Wildman–Crippen MR) is 494 cm³/mol. The molecule has 128 heavy (non-hydrogen) atoms. The fourth-order valence-corrected chi connectivity index (χ4v) is 11.7. The minimum Gasteiger partial charge on any atom is -0.382 e. The van der Waals surface area contributed by atoms with Crippen molar-refractivity contribution in [1.82, 2.24) is 42.5 Å². The van der Waals surface area contributed by atoms with Gasteiger partial charge in [0.25, 0.3) is 0 Å². The van der Waals surface area contributed by atoms with E-state index >= 15 is 0 Å². The molecule has 38 heteroatoms. The second-order valence-corrected chi connectivity index (χ2v) is 29.4. The molecule has 0 saturated carbocycles. The van der Waals surface area contributed by atoms with Crippen molar-refractivity contribution >= 4 is 0 Å². The molecule has 0 aliphatic rings. The van der Waals surface area contributed by atoms with Crippen LogP contribution in [0.4, 0.5) is 0 Å². The molecule has 0 saturated heterocycles. The monoisotopic (exact) mass is 1860 g/mol. The summed E-state index contributed by atoms with van der Waals surface area (Å²) in [6.07, 6.45) is 6.20. The summed E-state index contributed by atoms with van der Waals surface area (Å²) < 4.78 is 178. The van der Waals surface area contributed by atoms with Crippen LogP contribution in [-0.4, -0.2) is 500 Å². The predicted octanol–water partition coefficient (Wildman–Crippen LogP) is 2.92. The largest absolute Gasteiger partial charge is 0.382 e. The highest BCUT2D eigenvalue weighted by atomic mass is 16.6. The third kappa shape index (κ3) is 100. The highest BCUT2D eigenvalue weighted by molar-refractivity contribution is 4.85. The average Bonchev–Trinajstić information content (AvgIpc) is 0.856. The summed E-state index contributed by atoms with van der Waals surface area (Å²) in [6.45, 7) is 49.4. The number of ether oxygens (including phenoxy) is 30. The average molecular weight is 1860 g/mol. The first kappa shape index (κ1) is 126. The van der Waals surface area contributed by atoms with Crippen LogP contribution in [0.1, 0.15) is 92.4 Å².